The van der Waals surface area contributed by atoms with Crippen molar-refractivity contribution in [1.82, 2.24) is 14.7 Å². The molecule has 176 valence electrons. The summed E-state index contributed by atoms with van der Waals surface area (Å²) in [5.41, 5.74) is 2.40. The molecule has 0 spiro atoms. The standard InChI is InChI=1S/C27H34ClN3O2/c28-24-8-4-7-23(17-24)27(11-12-29-19-25(20-29)30-13-15-33-16-14-30)10-9-26(32)31(21-27)18-22-5-2-1-3-6-22/h1-8,17,25H,9-16,18-21H2. The third kappa shape index (κ3) is 5.27. The van der Waals surface area contributed by atoms with Crippen LogP contribution in [0, 0.1) is 0 Å². The Hall–Kier alpha value is -1.92. The quantitative estimate of drug-likeness (QED) is 0.620. The highest BCUT2D eigenvalue weighted by atomic mass is 35.5. The molecule has 2 aromatic rings. The number of hydrogen-bond donors (Lipinski definition) is 0. The lowest BCUT2D eigenvalue weighted by Crippen LogP contribution is -2.62. The first kappa shape index (κ1) is 22.9. The van der Waals surface area contributed by atoms with Crippen LogP contribution >= 0.6 is 11.6 Å². The van der Waals surface area contributed by atoms with E-state index in [9.17, 15) is 4.79 Å². The van der Waals surface area contributed by atoms with Crippen molar-refractivity contribution >= 4 is 17.5 Å². The number of piperidine rings is 1. The zero-order valence-corrected chi connectivity index (χ0v) is 20.1. The summed E-state index contributed by atoms with van der Waals surface area (Å²) in [6.07, 6.45) is 2.52. The van der Waals surface area contributed by atoms with E-state index in [1.807, 2.05) is 24.3 Å². The van der Waals surface area contributed by atoms with Crippen LogP contribution in [0.4, 0.5) is 0 Å². The number of carbonyl (C=O) groups excluding carboxylic acids is 1. The van der Waals surface area contributed by atoms with E-state index in [4.69, 9.17) is 16.3 Å². The normalized spacial score (nSPS) is 25.2. The molecule has 3 aliphatic heterocycles. The Balaban J connectivity index is 1.29. The van der Waals surface area contributed by atoms with Gasteiger partial charge in [0, 0.05) is 62.2 Å². The topological polar surface area (TPSA) is 36.0 Å². The van der Waals surface area contributed by atoms with Gasteiger partial charge in [-0.1, -0.05) is 54.1 Å². The second-order valence-corrected chi connectivity index (χ2v) is 10.3. The van der Waals surface area contributed by atoms with Gasteiger partial charge in [-0.15, -0.1) is 0 Å². The molecule has 0 bridgehead atoms. The van der Waals surface area contributed by atoms with E-state index < -0.39 is 0 Å². The molecule has 0 aromatic heterocycles. The highest BCUT2D eigenvalue weighted by molar-refractivity contribution is 6.30. The maximum atomic E-state index is 12.9. The molecule has 1 amide bonds. The minimum atomic E-state index is -0.0579. The fraction of sp³-hybridized carbons (Fsp3) is 0.519. The highest BCUT2D eigenvalue weighted by Crippen LogP contribution is 2.39. The first-order chi connectivity index (χ1) is 16.1. The van der Waals surface area contributed by atoms with Gasteiger partial charge in [0.25, 0.3) is 0 Å². The lowest BCUT2D eigenvalue weighted by molar-refractivity contribution is -0.136. The summed E-state index contributed by atoms with van der Waals surface area (Å²) in [6, 6.07) is 19.3. The zero-order chi connectivity index (χ0) is 22.7. The molecule has 3 fully saturated rings. The van der Waals surface area contributed by atoms with Gasteiger partial charge in [0.2, 0.25) is 5.91 Å². The monoisotopic (exact) mass is 467 g/mol. The third-order valence-corrected chi connectivity index (χ3v) is 7.96. The van der Waals surface area contributed by atoms with Crippen LogP contribution < -0.4 is 0 Å². The summed E-state index contributed by atoms with van der Waals surface area (Å²) in [7, 11) is 0. The van der Waals surface area contributed by atoms with Crippen molar-refractivity contribution < 1.29 is 9.53 Å². The molecule has 2 aromatic carbocycles. The largest absolute Gasteiger partial charge is 0.379 e. The van der Waals surface area contributed by atoms with E-state index in [1.165, 1.54) is 11.1 Å². The zero-order valence-electron chi connectivity index (χ0n) is 19.3. The number of halogens is 1. The van der Waals surface area contributed by atoms with Crippen LogP contribution in [-0.2, 0) is 21.5 Å². The number of carbonyl (C=O) groups is 1. The average Bonchev–Trinajstić information content (AvgIpc) is 2.81. The van der Waals surface area contributed by atoms with E-state index in [0.717, 1.165) is 70.3 Å². The van der Waals surface area contributed by atoms with Crippen molar-refractivity contribution in [1.29, 1.82) is 0 Å². The van der Waals surface area contributed by atoms with Crippen molar-refractivity contribution in [3.05, 3.63) is 70.7 Å². The molecule has 0 N–H and O–H groups in total. The molecule has 3 heterocycles. The summed E-state index contributed by atoms with van der Waals surface area (Å²) in [5, 5.41) is 0.773. The molecule has 5 rings (SSSR count). The minimum absolute atomic E-state index is 0.0579. The number of rotatable bonds is 7. The van der Waals surface area contributed by atoms with Crippen LogP contribution in [0.2, 0.25) is 5.02 Å². The maximum absolute atomic E-state index is 12.9. The molecule has 6 heteroatoms. The van der Waals surface area contributed by atoms with Gasteiger partial charge in [-0.05, 0) is 42.6 Å². The second kappa shape index (κ2) is 10.1. The molecular weight excluding hydrogens is 434 g/mol. The van der Waals surface area contributed by atoms with Crippen LogP contribution in [0.1, 0.15) is 30.4 Å². The molecular formula is C27H34ClN3O2. The molecule has 5 nitrogen and oxygen atoms in total. The summed E-state index contributed by atoms with van der Waals surface area (Å²) in [4.78, 5) is 20.1. The Kier molecular flexibility index (Phi) is 7.02. The lowest BCUT2D eigenvalue weighted by Gasteiger charge is -2.49. The Labute approximate surface area is 202 Å². The number of morpholine rings is 1. The Morgan fingerprint density at radius 2 is 1.82 bits per heavy atom. The first-order valence-corrected chi connectivity index (χ1v) is 12.6. The molecule has 1 unspecified atom stereocenters. The summed E-state index contributed by atoms with van der Waals surface area (Å²) >= 11 is 6.42. The second-order valence-electron chi connectivity index (χ2n) is 9.84. The van der Waals surface area contributed by atoms with Gasteiger partial charge in [0.15, 0.2) is 0 Å². The number of nitrogens with zero attached hydrogens (tertiary/aromatic N) is 3. The van der Waals surface area contributed by atoms with E-state index in [1.54, 1.807) is 0 Å². The first-order valence-electron chi connectivity index (χ1n) is 12.2. The van der Waals surface area contributed by atoms with Crippen LogP contribution in [-0.4, -0.2) is 79.1 Å². The minimum Gasteiger partial charge on any atom is -0.379 e. The smallest absolute Gasteiger partial charge is 0.222 e. The van der Waals surface area contributed by atoms with Crippen LogP contribution in [0.3, 0.4) is 0 Å². The van der Waals surface area contributed by atoms with Gasteiger partial charge in [0.05, 0.1) is 13.2 Å². The number of ether oxygens (including phenoxy) is 1. The van der Waals surface area contributed by atoms with Crippen molar-refractivity contribution in [2.24, 2.45) is 0 Å². The molecule has 0 radical (unpaired) electrons. The summed E-state index contributed by atoms with van der Waals surface area (Å²) in [5.74, 6) is 0.257. The van der Waals surface area contributed by atoms with Gasteiger partial charge in [-0.3, -0.25) is 9.69 Å². The van der Waals surface area contributed by atoms with Crippen LogP contribution in [0.15, 0.2) is 54.6 Å². The molecule has 33 heavy (non-hydrogen) atoms. The molecule has 0 aliphatic carbocycles. The fourth-order valence-electron chi connectivity index (χ4n) is 5.66. The lowest BCUT2D eigenvalue weighted by atomic mass is 9.71. The van der Waals surface area contributed by atoms with Gasteiger partial charge < -0.3 is 14.5 Å². The van der Waals surface area contributed by atoms with E-state index in [0.29, 0.717) is 19.0 Å². The summed E-state index contributed by atoms with van der Waals surface area (Å²) < 4.78 is 5.51. The van der Waals surface area contributed by atoms with Crippen LogP contribution in [0.5, 0.6) is 0 Å². The Morgan fingerprint density at radius 3 is 2.58 bits per heavy atom. The molecule has 3 aliphatic rings. The molecule has 0 saturated carbocycles. The van der Waals surface area contributed by atoms with Crippen molar-refractivity contribution in [2.45, 2.75) is 37.3 Å². The maximum Gasteiger partial charge on any atom is 0.222 e. The molecule has 3 saturated heterocycles. The SMILES string of the molecule is O=C1CCC(CCN2CC(N3CCOCC3)C2)(c2cccc(Cl)c2)CN1Cc1ccccc1. The number of amides is 1. The number of likely N-dealkylation sites (tertiary alicyclic amines) is 2. The van der Waals surface area contributed by atoms with Gasteiger partial charge >= 0.3 is 0 Å². The van der Waals surface area contributed by atoms with E-state index in [2.05, 4.69) is 45.0 Å². The predicted octanol–water partition coefficient (Wildman–Crippen LogP) is 3.81. The molecule has 1 atom stereocenters. The van der Waals surface area contributed by atoms with Gasteiger partial charge in [-0.2, -0.15) is 0 Å². The van der Waals surface area contributed by atoms with E-state index in [-0.39, 0.29) is 11.3 Å². The van der Waals surface area contributed by atoms with Gasteiger partial charge in [-0.25, -0.2) is 0 Å². The van der Waals surface area contributed by atoms with Gasteiger partial charge in [0.1, 0.15) is 0 Å². The summed E-state index contributed by atoms with van der Waals surface area (Å²) in [6.45, 7) is 8.59. The fourth-order valence-corrected chi connectivity index (χ4v) is 5.85. The average molecular weight is 468 g/mol. The van der Waals surface area contributed by atoms with E-state index >= 15 is 0 Å². The number of benzene rings is 2. The third-order valence-electron chi connectivity index (χ3n) is 7.72. The Bertz CT molecular complexity index is 943. The highest BCUT2D eigenvalue weighted by Gasteiger charge is 2.41. The number of hydrogen-bond acceptors (Lipinski definition) is 4. The van der Waals surface area contributed by atoms with Crippen LogP contribution in [0.25, 0.3) is 0 Å². The van der Waals surface area contributed by atoms with Crippen molar-refractivity contribution in [3.8, 4) is 0 Å². The van der Waals surface area contributed by atoms with Crippen molar-refractivity contribution in [2.75, 3.05) is 52.5 Å². The van der Waals surface area contributed by atoms with Crippen molar-refractivity contribution in [3.63, 3.8) is 0 Å². The predicted molar refractivity (Wildman–Crippen MR) is 131 cm³/mol. The Morgan fingerprint density at radius 1 is 1.03 bits per heavy atom.